The van der Waals surface area contributed by atoms with Crippen molar-refractivity contribution >= 4 is 5.90 Å². The zero-order chi connectivity index (χ0) is 13.2. The number of aliphatic imine (C=N–C) groups is 1. The van der Waals surface area contributed by atoms with E-state index in [9.17, 15) is 0 Å². The zero-order valence-corrected chi connectivity index (χ0v) is 11.2. The van der Waals surface area contributed by atoms with Crippen LogP contribution in [0.1, 0.15) is 24.8 Å². The Labute approximate surface area is 113 Å². The lowest BCUT2D eigenvalue weighted by Gasteiger charge is -2.26. The van der Waals surface area contributed by atoms with Gasteiger partial charge >= 0.3 is 0 Å². The summed E-state index contributed by atoms with van der Waals surface area (Å²) in [5.74, 6) is 1.72. The molecule has 102 valence electrons. The van der Waals surface area contributed by atoms with E-state index < -0.39 is 0 Å². The molecule has 1 heterocycles. The molecule has 3 rings (SSSR count). The van der Waals surface area contributed by atoms with Crippen molar-refractivity contribution in [3.05, 3.63) is 29.8 Å². The molecular weight excluding hydrogens is 240 g/mol. The SMILES string of the molecule is COc1cccc(CC2=NC3CCC(N)CC3O2)c1. The van der Waals surface area contributed by atoms with Crippen LogP contribution in [-0.4, -0.2) is 31.2 Å². The highest BCUT2D eigenvalue weighted by molar-refractivity contribution is 5.80. The number of ether oxygens (including phenoxy) is 2. The number of hydrogen-bond acceptors (Lipinski definition) is 4. The van der Waals surface area contributed by atoms with E-state index in [1.165, 1.54) is 5.56 Å². The Bertz CT molecular complexity index is 487. The third kappa shape index (κ3) is 2.73. The lowest BCUT2D eigenvalue weighted by atomic mass is 9.90. The summed E-state index contributed by atoms with van der Waals surface area (Å²) >= 11 is 0. The predicted molar refractivity (Wildman–Crippen MR) is 74.6 cm³/mol. The molecule has 0 saturated heterocycles. The Kier molecular flexibility index (Phi) is 3.42. The van der Waals surface area contributed by atoms with E-state index in [-0.39, 0.29) is 12.1 Å². The highest BCUT2D eigenvalue weighted by Crippen LogP contribution is 2.29. The standard InChI is InChI=1S/C15H20N2O2/c1-18-12-4-2-3-10(7-12)8-15-17-13-6-5-11(16)9-14(13)19-15/h2-4,7,11,13-14H,5-6,8-9,16H2,1H3. The lowest BCUT2D eigenvalue weighted by molar-refractivity contribution is 0.139. The average Bonchev–Trinajstić information content (AvgIpc) is 2.80. The number of benzene rings is 1. The molecule has 19 heavy (non-hydrogen) atoms. The summed E-state index contributed by atoms with van der Waals surface area (Å²) < 4.78 is 11.2. The molecule has 3 unspecified atom stereocenters. The lowest BCUT2D eigenvalue weighted by Crippen LogP contribution is -2.38. The maximum absolute atomic E-state index is 5.98. The molecule has 3 atom stereocenters. The van der Waals surface area contributed by atoms with E-state index >= 15 is 0 Å². The molecule has 2 N–H and O–H groups in total. The highest BCUT2D eigenvalue weighted by atomic mass is 16.5. The van der Waals surface area contributed by atoms with Gasteiger partial charge in [-0.2, -0.15) is 0 Å². The average molecular weight is 260 g/mol. The first kappa shape index (κ1) is 12.5. The summed E-state index contributed by atoms with van der Waals surface area (Å²) in [6.07, 6.45) is 3.97. The molecule has 0 spiro atoms. The third-order valence-corrected chi connectivity index (χ3v) is 3.88. The van der Waals surface area contributed by atoms with Crippen LogP contribution in [-0.2, 0) is 11.2 Å². The number of nitrogens with zero attached hydrogens (tertiary/aromatic N) is 1. The first-order chi connectivity index (χ1) is 9.24. The Morgan fingerprint density at radius 2 is 2.32 bits per heavy atom. The highest BCUT2D eigenvalue weighted by Gasteiger charge is 2.35. The van der Waals surface area contributed by atoms with Gasteiger partial charge in [0.25, 0.3) is 0 Å². The topological polar surface area (TPSA) is 56.8 Å². The van der Waals surface area contributed by atoms with Crippen molar-refractivity contribution in [2.45, 2.75) is 43.9 Å². The molecule has 4 nitrogen and oxygen atoms in total. The number of hydrogen-bond donors (Lipinski definition) is 1. The van der Waals surface area contributed by atoms with Gasteiger partial charge in [-0.3, -0.25) is 0 Å². The molecule has 4 heteroatoms. The van der Waals surface area contributed by atoms with E-state index in [1.54, 1.807) is 7.11 Å². The van der Waals surface area contributed by atoms with Crippen LogP contribution in [0.25, 0.3) is 0 Å². The minimum absolute atomic E-state index is 0.198. The zero-order valence-electron chi connectivity index (χ0n) is 11.2. The van der Waals surface area contributed by atoms with Gasteiger partial charge in [0.1, 0.15) is 11.9 Å². The van der Waals surface area contributed by atoms with Crippen LogP contribution in [0.3, 0.4) is 0 Å². The second-order valence-electron chi connectivity index (χ2n) is 5.35. The van der Waals surface area contributed by atoms with Gasteiger partial charge in [-0.1, -0.05) is 12.1 Å². The molecule has 2 aliphatic rings. The minimum Gasteiger partial charge on any atom is -0.497 e. The molecular formula is C15H20N2O2. The van der Waals surface area contributed by atoms with Crippen molar-refractivity contribution in [1.29, 1.82) is 0 Å². The first-order valence-corrected chi connectivity index (χ1v) is 6.86. The van der Waals surface area contributed by atoms with Crippen LogP contribution in [0, 0.1) is 0 Å². The molecule has 1 fully saturated rings. The van der Waals surface area contributed by atoms with E-state index in [4.69, 9.17) is 20.2 Å². The maximum Gasteiger partial charge on any atom is 0.188 e. The van der Waals surface area contributed by atoms with E-state index in [0.717, 1.165) is 37.3 Å². The van der Waals surface area contributed by atoms with Crippen molar-refractivity contribution in [2.24, 2.45) is 10.7 Å². The van der Waals surface area contributed by atoms with Gasteiger partial charge in [0.15, 0.2) is 5.90 Å². The van der Waals surface area contributed by atoms with Crippen LogP contribution < -0.4 is 10.5 Å². The van der Waals surface area contributed by atoms with Crippen LogP contribution in [0.5, 0.6) is 5.75 Å². The number of nitrogens with two attached hydrogens (primary N) is 1. The van der Waals surface area contributed by atoms with Gasteiger partial charge in [-0.15, -0.1) is 0 Å². The van der Waals surface area contributed by atoms with Crippen molar-refractivity contribution < 1.29 is 9.47 Å². The molecule has 1 aliphatic heterocycles. The van der Waals surface area contributed by atoms with E-state index in [2.05, 4.69) is 6.07 Å². The van der Waals surface area contributed by atoms with Crippen molar-refractivity contribution in [3.63, 3.8) is 0 Å². The normalized spacial score (nSPS) is 29.4. The quantitative estimate of drug-likeness (QED) is 0.903. The van der Waals surface area contributed by atoms with Gasteiger partial charge in [0, 0.05) is 18.9 Å². The summed E-state index contributed by atoms with van der Waals surface area (Å²) in [6.45, 7) is 0. The van der Waals surface area contributed by atoms with Gasteiger partial charge < -0.3 is 15.2 Å². The third-order valence-electron chi connectivity index (χ3n) is 3.88. The fraction of sp³-hybridized carbons (Fsp3) is 0.533. The van der Waals surface area contributed by atoms with Gasteiger partial charge in [-0.05, 0) is 30.5 Å². The van der Waals surface area contributed by atoms with Crippen LogP contribution >= 0.6 is 0 Å². The second kappa shape index (κ2) is 5.21. The summed E-state index contributed by atoms with van der Waals surface area (Å²) in [5, 5.41) is 0. The van der Waals surface area contributed by atoms with Crippen LogP contribution in [0.15, 0.2) is 29.3 Å². The van der Waals surface area contributed by atoms with Gasteiger partial charge in [-0.25, -0.2) is 4.99 Å². The number of fused-ring (bicyclic) bond motifs is 1. The van der Waals surface area contributed by atoms with Crippen LogP contribution in [0.2, 0.25) is 0 Å². The summed E-state index contributed by atoms with van der Waals surface area (Å²) in [7, 11) is 1.68. The van der Waals surface area contributed by atoms with Crippen molar-refractivity contribution in [1.82, 2.24) is 0 Å². The molecule has 0 radical (unpaired) electrons. The van der Waals surface area contributed by atoms with Gasteiger partial charge in [0.05, 0.1) is 13.2 Å². The van der Waals surface area contributed by atoms with Crippen molar-refractivity contribution in [2.75, 3.05) is 7.11 Å². The largest absolute Gasteiger partial charge is 0.497 e. The molecule has 1 aromatic rings. The number of rotatable bonds is 3. The molecule has 0 aromatic heterocycles. The molecule has 1 aliphatic carbocycles. The maximum atomic E-state index is 5.98. The van der Waals surface area contributed by atoms with E-state index in [0.29, 0.717) is 6.04 Å². The smallest absolute Gasteiger partial charge is 0.188 e. The van der Waals surface area contributed by atoms with Crippen molar-refractivity contribution in [3.8, 4) is 5.75 Å². The fourth-order valence-corrected chi connectivity index (χ4v) is 2.85. The Morgan fingerprint density at radius 3 is 3.16 bits per heavy atom. The Balaban J connectivity index is 1.67. The molecule has 0 amide bonds. The monoisotopic (exact) mass is 260 g/mol. The summed E-state index contributed by atoms with van der Waals surface area (Å²) in [5.41, 5.74) is 7.15. The first-order valence-electron chi connectivity index (χ1n) is 6.86. The number of methoxy groups -OCH3 is 1. The second-order valence-corrected chi connectivity index (χ2v) is 5.35. The predicted octanol–water partition coefficient (Wildman–Crippen LogP) is 1.91. The van der Waals surface area contributed by atoms with E-state index in [1.807, 2.05) is 18.2 Å². The fourth-order valence-electron chi connectivity index (χ4n) is 2.85. The van der Waals surface area contributed by atoms with Crippen LogP contribution in [0.4, 0.5) is 0 Å². The Morgan fingerprint density at radius 1 is 1.42 bits per heavy atom. The van der Waals surface area contributed by atoms with Gasteiger partial charge in [0.2, 0.25) is 0 Å². The molecule has 1 aromatic carbocycles. The minimum atomic E-state index is 0.198. The summed E-state index contributed by atoms with van der Waals surface area (Å²) in [4.78, 5) is 4.69. The summed E-state index contributed by atoms with van der Waals surface area (Å²) in [6, 6.07) is 8.63. The molecule has 0 bridgehead atoms. The molecule has 1 saturated carbocycles. The Hall–Kier alpha value is -1.55.